The molecule has 0 aliphatic carbocycles. The van der Waals surface area contributed by atoms with E-state index in [4.69, 9.17) is 13.9 Å². The lowest BCUT2D eigenvalue weighted by Gasteiger charge is -2.23. The maximum atomic E-state index is 12.8. The van der Waals surface area contributed by atoms with Crippen LogP contribution in [-0.4, -0.2) is 23.7 Å². The van der Waals surface area contributed by atoms with Crippen LogP contribution < -0.4 is 15.7 Å². The van der Waals surface area contributed by atoms with Gasteiger partial charge >= 0.3 is 17.7 Å². The van der Waals surface area contributed by atoms with Gasteiger partial charge in [0.15, 0.2) is 0 Å². The SMILES string of the molecule is CC(C)C[C@@H](NC(=O)OC(C)(C)C)C(=O)Oc1ccc2c(c1)oc(=O)c1ccccc12. The molecule has 0 spiro atoms. The van der Waals surface area contributed by atoms with Gasteiger partial charge in [-0.05, 0) is 56.7 Å². The van der Waals surface area contributed by atoms with Gasteiger partial charge in [0.1, 0.15) is 23.0 Å². The number of benzene rings is 2. The highest BCUT2D eigenvalue weighted by molar-refractivity contribution is 6.04. The van der Waals surface area contributed by atoms with Crippen molar-refractivity contribution >= 4 is 33.8 Å². The van der Waals surface area contributed by atoms with E-state index in [0.29, 0.717) is 17.4 Å². The first kappa shape index (κ1) is 22.3. The van der Waals surface area contributed by atoms with Gasteiger partial charge in [-0.1, -0.05) is 32.0 Å². The van der Waals surface area contributed by atoms with E-state index in [1.54, 1.807) is 45.0 Å². The van der Waals surface area contributed by atoms with Gasteiger partial charge in [-0.3, -0.25) is 0 Å². The molecule has 2 aromatic carbocycles. The second-order valence-electron chi connectivity index (χ2n) is 8.84. The van der Waals surface area contributed by atoms with Gasteiger partial charge in [0, 0.05) is 11.5 Å². The second-order valence-corrected chi connectivity index (χ2v) is 8.84. The van der Waals surface area contributed by atoms with Gasteiger partial charge in [0.2, 0.25) is 0 Å². The first-order valence-corrected chi connectivity index (χ1v) is 10.2. The number of ether oxygens (including phenoxy) is 2. The first-order valence-electron chi connectivity index (χ1n) is 10.2. The number of hydrogen-bond donors (Lipinski definition) is 1. The van der Waals surface area contributed by atoms with Gasteiger partial charge in [-0.2, -0.15) is 0 Å². The molecule has 164 valence electrons. The number of carbonyl (C=O) groups excluding carboxylic acids is 2. The molecule has 0 fully saturated rings. The van der Waals surface area contributed by atoms with Crippen molar-refractivity contribution in [2.24, 2.45) is 5.92 Å². The lowest BCUT2D eigenvalue weighted by Crippen LogP contribution is -2.45. The van der Waals surface area contributed by atoms with Crippen molar-refractivity contribution in [2.75, 3.05) is 0 Å². The minimum atomic E-state index is -0.880. The number of fused-ring (bicyclic) bond motifs is 3. The van der Waals surface area contributed by atoms with Crippen LogP contribution >= 0.6 is 0 Å². The maximum absolute atomic E-state index is 12.8. The molecule has 0 saturated carbocycles. The van der Waals surface area contributed by atoms with Crippen molar-refractivity contribution in [3.8, 4) is 5.75 Å². The topological polar surface area (TPSA) is 94.8 Å². The number of esters is 1. The molecule has 3 aromatic rings. The Labute approximate surface area is 180 Å². The largest absolute Gasteiger partial charge is 0.444 e. The monoisotopic (exact) mass is 425 g/mol. The summed E-state index contributed by atoms with van der Waals surface area (Å²) in [5.74, 6) is -0.272. The molecule has 1 aromatic heterocycles. The number of hydrogen-bond acceptors (Lipinski definition) is 6. The molecule has 0 unspecified atom stereocenters. The summed E-state index contributed by atoms with van der Waals surface area (Å²) in [7, 11) is 0. The average Bonchev–Trinajstić information content (AvgIpc) is 2.65. The quantitative estimate of drug-likeness (QED) is 0.273. The number of nitrogens with one attached hydrogen (secondary N) is 1. The summed E-state index contributed by atoms with van der Waals surface area (Å²) < 4.78 is 16.2. The summed E-state index contributed by atoms with van der Waals surface area (Å²) in [6, 6.07) is 11.1. The van der Waals surface area contributed by atoms with Gasteiger partial charge in [0.05, 0.1) is 5.39 Å². The van der Waals surface area contributed by atoms with E-state index < -0.39 is 29.3 Å². The van der Waals surface area contributed by atoms with Crippen LogP contribution in [0, 0.1) is 5.92 Å². The molecule has 1 atom stereocenters. The van der Waals surface area contributed by atoms with Crippen molar-refractivity contribution < 1.29 is 23.5 Å². The Hall–Kier alpha value is -3.35. The maximum Gasteiger partial charge on any atom is 0.408 e. The molecule has 0 saturated heterocycles. The fourth-order valence-electron chi connectivity index (χ4n) is 3.25. The molecule has 1 amide bonds. The average molecular weight is 425 g/mol. The molecule has 31 heavy (non-hydrogen) atoms. The van der Waals surface area contributed by atoms with Gasteiger partial charge in [-0.15, -0.1) is 0 Å². The normalized spacial score (nSPS) is 12.7. The number of amides is 1. The molecular weight excluding hydrogens is 398 g/mol. The number of alkyl carbamates (subject to hydrolysis) is 1. The molecule has 0 aliphatic heterocycles. The van der Waals surface area contributed by atoms with Crippen molar-refractivity contribution in [1.82, 2.24) is 5.32 Å². The third-order valence-corrected chi connectivity index (χ3v) is 4.49. The van der Waals surface area contributed by atoms with E-state index in [0.717, 1.165) is 10.8 Å². The molecule has 0 radical (unpaired) electrons. The van der Waals surface area contributed by atoms with Gasteiger partial charge in [0.25, 0.3) is 0 Å². The molecule has 7 heteroatoms. The summed E-state index contributed by atoms with van der Waals surface area (Å²) >= 11 is 0. The van der Waals surface area contributed by atoms with Crippen LogP contribution in [0.4, 0.5) is 4.79 Å². The van der Waals surface area contributed by atoms with Crippen LogP contribution in [0.3, 0.4) is 0 Å². The summed E-state index contributed by atoms with van der Waals surface area (Å²) in [6.07, 6.45) is -0.308. The van der Waals surface area contributed by atoms with Crippen LogP contribution in [0.2, 0.25) is 0 Å². The smallest absolute Gasteiger partial charge is 0.408 e. The molecular formula is C24H27NO6. The molecule has 7 nitrogen and oxygen atoms in total. The van der Waals surface area contributed by atoms with E-state index in [9.17, 15) is 14.4 Å². The highest BCUT2D eigenvalue weighted by Gasteiger charge is 2.27. The van der Waals surface area contributed by atoms with E-state index in [1.165, 1.54) is 6.07 Å². The van der Waals surface area contributed by atoms with Crippen LogP contribution in [0.15, 0.2) is 51.7 Å². The molecule has 1 N–H and O–H groups in total. The number of carbonyl (C=O) groups is 2. The minimum absolute atomic E-state index is 0.133. The second kappa shape index (κ2) is 8.79. The van der Waals surface area contributed by atoms with E-state index in [2.05, 4.69) is 5.32 Å². The molecule has 3 rings (SSSR count). The highest BCUT2D eigenvalue weighted by Crippen LogP contribution is 2.26. The van der Waals surface area contributed by atoms with Crippen molar-refractivity contribution in [2.45, 2.75) is 52.7 Å². The predicted molar refractivity (Wildman–Crippen MR) is 118 cm³/mol. The van der Waals surface area contributed by atoms with Crippen molar-refractivity contribution in [3.63, 3.8) is 0 Å². The fourth-order valence-corrected chi connectivity index (χ4v) is 3.25. The van der Waals surface area contributed by atoms with Crippen molar-refractivity contribution in [3.05, 3.63) is 52.9 Å². The Bertz CT molecular complexity index is 1170. The Morgan fingerprint density at radius 1 is 1.03 bits per heavy atom. The standard InChI is InChI=1S/C24H27NO6/c1-14(2)12-19(25-23(28)31-24(3,4)5)22(27)29-15-10-11-17-16-8-6-7-9-18(16)21(26)30-20(17)13-15/h6-11,13-14,19H,12H2,1-5H3,(H,25,28)/t19-/m1/s1. The van der Waals surface area contributed by atoms with Gasteiger partial charge < -0.3 is 19.2 Å². The van der Waals surface area contributed by atoms with Crippen LogP contribution in [0.5, 0.6) is 5.75 Å². The lowest BCUT2D eigenvalue weighted by molar-refractivity contribution is -0.137. The summed E-state index contributed by atoms with van der Waals surface area (Å²) in [4.78, 5) is 37.2. The van der Waals surface area contributed by atoms with E-state index in [1.807, 2.05) is 26.0 Å². The summed E-state index contributed by atoms with van der Waals surface area (Å²) in [6.45, 7) is 9.11. The Morgan fingerprint density at radius 2 is 1.71 bits per heavy atom. The van der Waals surface area contributed by atoms with E-state index in [-0.39, 0.29) is 11.7 Å². The van der Waals surface area contributed by atoms with Gasteiger partial charge in [-0.25, -0.2) is 14.4 Å². The summed E-state index contributed by atoms with van der Waals surface area (Å²) in [5, 5.41) is 4.57. The van der Waals surface area contributed by atoms with E-state index >= 15 is 0 Å². The third-order valence-electron chi connectivity index (χ3n) is 4.49. The van der Waals surface area contributed by atoms with Crippen LogP contribution in [-0.2, 0) is 9.53 Å². The number of rotatable bonds is 5. The van der Waals surface area contributed by atoms with Crippen molar-refractivity contribution in [1.29, 1.82) is 0 Å². The lowest BCUT2D eigenvalue weighted by atomic mass is 10.0. The third kappa shape index (κ3) is 5.63. The molecule has 0 bridgehead atoms. The van der Waals surface area contributed by atoms with Crippen LogP contribution in [0.25, 0.3) is 21.7 Å². The molecule has 0 aliphatic rings. The van der Waals surface area contributed by atoms with Crippen LogP contribution in [0.1, 0.15) is 41.0 Å². The Kier molecular flexibility index (Phi) is 6.34. The Morgan fingerprint density at radius 3 is 2.35 bits per heavy atom. The predicted octanol–water partition coefficient (Wildman–Crippen LogP) is 4.79. The molecule has 1 heterocycles. The zero-order chi connectivity index (χ0) is 22.8. The zero-order valence-electron chi connectivity index (χ0n) is 18.4. The first-order chi connectivity index (χ1) is 14.5. The zero-order valence-corrected chi connectivity index (χ0v) is 18.4. The minimum Gasteiger partial charge on any atom is -0.444 e. The fraction of sp³-hybridized carbons (Fsp3) is 0.375. The summed E-state index contributed by atoms with van der Waals surface area (Å²) in [5.41, 5.74) is -0.833. The highest BCUT2D eigenvalue weighted by atomic mass is 16.6. The Balaban J connectivity index is 1.84.